The number of amides is 1. The third kappa shape index (κ3) is 5.51. The molecule has 6 nitrogen and oxygen atoms in total. The minimum atomic E-state index is -0.491. The molecule has 162 valence electrons. The Morgan fingerprint density at radius 2 is 1.78 bits per heavy atom. The van der Waals surface area contributed by atoms with Crippen LogP contribution < -0.4 is 15.5 Å². The molecule has 1 atom stereocenters. The first-order chi connectivity index (χ1) is 15.7. The smallest absolute Gasteiger partial charge is 0.247 e. The van der Waals surface area contributed by atoms with Gasteiger partial charge in [0.1, 0.15) is 11.9 Å². The molecule has 0 aliphatic carbocycles. The standard InChI is InChI=1S/C26H27N5O/c27-18-21-10-8-20(9-11-21)14-15-28-25(22-6-2-1-3-7-22)26(32)30-24-13-12-23(19-29-24)31-16-4-5-17-31/h1-3,6-13,19,25,28H,4-5,14-17H2,(H,29,30,32)/t25-/m1/s1. The van der Waals surface area contributed by atoms with Gasteiger partial charge in [-0.1, -0.05) is 42.5 Å². The van der Waals surface area contributed by atoms with Crippen molar-refractivity contribution in [3.05, 3.63) is 89.6 Å². The normalized spacial score (nSPS) is 14.0. The second-order valence-electron chi connectivity index (χ2n) is 7.94. The first-order valence-electron chi connectivity index (χ1n) is 11.0. The van der Waals surface area contributed by atoms with Crippen molar-refractivity contribution in [3.63, 3.8) is 0 Å². The zero-order valence-electron chi connectivity index (χ0n) is 18.0. The Morgan fingerprint density at radius 1 is 1.03 bits per heavy atom. The van der Waals surface area contributed by atoms with E-state index in [2.05, 4.69) is 26.6 Å². The molecular weight excluding hydrogens is 398 g/mol. The van der Waals surface area contributed by atoms with E-state index in [4.69, 9.17) is 5.26 Å². The van der Waals surface area contributed by atoms with Crippen molar-refractivity contribution in [2.24, 2.45) is 0 Å². The van der Waals surface area contributed by atoms with E-state index in [-0.39, 0.29) is 5.91 Å². The number of carbonyl (C=O) groups excluding carboxylic acids is 1. The number of rotatable bonds is 8. The van der Waals surface area contributed by atoms with E-state index in [0.717, 1.165) is 36.3 Å². The minimum absolute atomic E-state index is 0.141. The summed E-state index contributed by atoms with van der Waals surface area (Å²) >= 11 is 0. The van der Waals surface area contributed by atoms with Crippen molar-refractivity contribution < 1.29 is 4.79 Å². The molecule has 1 aliphatic heterocycles. The monoisotopic (exact) mass is 425 g/mol. The summed E-state index contributed by atoms with van der Waals surface area (Å²) in [5.74, 6) is 0.408. The summed E-state index contributed by atoms with van der Waals surface area (Å²) in [5, 5.41) is 15.3. The molecule has 1 aliphatic rings. The van der Waals surface area contributed by atoms with Crippen LogP contribution in [-0.2, 0) is 11.2 Å². The quantitative estimate of drug-likeness (QED) is 0.569. The molecule has 3 aromatic rings. The molecule has 0 unspecified atom stereocenters. The Morgan fingerprint density at radius 3 is 2.44 bits per heavy atom. The number of pyridine rings is 1. The lowest BCUT2D eigenvalue weighted by Gasteiger charge is -2.20. The largest absolute Gasteiger partial charge is 0.370 e. The highest BCUT2D eigenvalue weighted by atomic mass is 16.2. The molecule has 1 amide bonds. The van der Waals surface area contributed by atoms with Gasteiger partial charge in [0.2, 0.25) is 5.91 Å². The van der Waals surface area contributed by atoms with E-state index in [9.17, 15) is 4.79 Å². The van der Waals surface area contributed by atoms with Gasteiger partial charge in [0.05, 0.1) is 23.5 Å². The van der Waals surface area contributed by atoms with Gasteiger partial charge in [-0.15, -0.1) is 0 Å². The highest BCUT2D eigenvalue weighted by molar-refractivity contribution is 5.94. The SMILES string of the molecule is N#Cc1ccc(CCN[C@@H](C(=O)Nc2ccc(N3CCCC3)cn2)c2ccccc2)cc1. The number of benzene rings is 2. The van der Waals surface area contributed by atoms with Crippen LogP contribution >= 0.6 is 0 Å². The third-order valence-electron chi connectivity index (χ3n) is 5.71. The van der Waals surface area contributed by atoms with Gasteiger partial charge in [-0.2, -0.15) is 5.26 Å². The van der Waals surface area contributed by atoms with Crippen molar-refractivity contribution in [1.29, 1.82) is 5.26 Å². The fraction of sp³-hybridized carbons (Fsp3) is 0.269. The van der Waals surface area contributed by atoms with Crippen molar-refractivity contribution in [2.45, 2.75) is 25.3 Å². The Bertz CT molecular complexity index is 1050. The molecular formula is C26H27N5O. The Labute approximate surface area is 188 Å². The van der Waals surface area contributed by atoms with E-state index >= 15 is 0 Å². The van der Waals surface area contributed by atoms with Crippen LogP contribution in [-0.4, -0.2) is 30.5 Å². The Balaban J connectivity index is 1.40. The predicted octanol–water partition coefficient (Wildman–Crippen LogP) is 4.07. The van der Waals surface area contributed by atoms with Crippen molar-refractivity contribution in [1.82, 2.24) is 10.3 Å². The summed E-state index contributed by atoms with van der Waals surface area (Å²) in [6, 6.07) is 22.7. The van der Waals surface area contributed by atoms with Crippen LogP contribution in [0.25, 0.3) is 0 Å². The van der Waals surface area contributed by atoms with Crippen LogP contribution in [0, 0.1) is 11.3 Å². The van der Waals surface area contributed by atoms with Crippen LogP contribution in [0.4, 0.5) is 11.5 Å². The molecule has 1 fully saturated rings. The average molecular weight is 426 g/mol. The first kappa shape index (κ1) is 21.5. The van der Waals surface area contributed by atoms with Gasteiger partial charge in [0.25, 0.3) is 0 Å². The summed E-state index contributed by atoms with van der Waals surface area (Å²) < 4.78 is 0. The molecule has 0 bridgehead atoms. The topological polar surface area (TPSA) is 81.0 Å². The van der Waals surface area contributed by atoms with E-state index in [0.29, 0.717) is 17.9 Å². The predicted molar refractivity (Wildman–Crippen MR) is 126 cm³/mol. The van der Waals surface area contributed by atoms with Crippen molar-refractivity contribution in [2.75, 3.05) is 29.9 Å². The molecule has 0 spiro atoms. The number of anilines is 2. The van der Waals surface area contributed by atoms with Gasteiger partial charge in [-0.05, 0) is 54.7 Å². The summed E-state index contributed by atoms with van der Waals surface area (Å²) in [6.07, 6.45) is 5.01. The van der Waals surface area contributed by atoms with E-state index < -0.39 is 6.04 Å². The number of nitrogens with zero attached hydrogens (tertiary/aromatic N) is 3. The second-order valence-corrected chi connectivity index (χ2v) is 7.94. The van der Waals surface area contributed by atoms with Gasteiger partial charge in [-0.25, -0.2) is 4.98 Å². The minimum Gasteiger partial charge on any atom is -0.370 e. The molecule has 2 aromatic carbocycles. The van der Waals surface area contributed by atoms with Crippen LogP contribution in [0.3, 0.4) is 0 Å². The Kier molecular flexibility index (Phi) is 7.11. The number of nitrogens with one attached hydrogen (secondary N) is 2. The first-order valence-corrected chi connectivity index (χ1v) is 11.0. The van der Waals surface area contributed by atoms with Crippen molar-refractivity contribution >= 4 is 17.4 Å². The molecule has 2 N–H and O–H groups in total. The van der Waals surface area contributed by atoms with E-state index in [1.54, 1.807) is 0 Å². The fourth-order valence-electron chi connectivity index (χ4n) is 3.93. The van der Waals surface area contributed by atoms with Gasteiger partial charge in [-0.3, -0.25) is 4.79 Å². The highest BCUT2D eigenvalue weighted by Gasteiger charge is 2.20. The van der Waals surface area contributed by atoms with Crippen LogP contribution in [0.5, 0.6) is 0 Å². The third-order valence-corrected chi connectivity index (χ3v) is 5.71. The van der Waals surface area contributed by atoms with Gasteiger partial charge in [0, 0.05) is 19.6 Å². The number of carbonyl (C=O) groups is 1. The number of aromatic nitrogens is 1. The zero-order valence-corrected chi connectivity index (χ0v) is 18.0. The maximum atomic E-state index is 13.1. The lowest BCUT2D eigenvalue weighted by atomic mass is 10.1. The van der Waals surface area contributed by atoms with Crippen LogP contribution in [0.15, 0.2) is 72.9 Å². The molecule has 2 heterocycles. The molecule has 6 heteroatoms. The molecule has 32 heavy (non-hydrogen) atoms. The van der Waals surface area contributed by atoms with Crippen molar-refractivity contribution in [3.8, 4) is 6.07 Å². The number of hydrogen-bond donors (Lipinski definition) is 2. The Hall–Kier alpha value is -3.69. The molecule has 0 radical (unpaired) electrons. The van der Waals surface area contributed by atoms with Gasteiger partial charge < -0.3 is 15.5 Å². The molecule has 0 saturated carbocycles. The van der Waals surface area contributed by atoms with Crippen LogP contribution in [0.2, 0.25) is 0 Å². The lowest BCUT2D eigenvalue weighted by Crippen LogP contribution is -2.34. The number of hydrogen-bond acceptors (Lipinski definition) is 5. The highest BCUT2D eigenvalue weighted by Crippen LogP contribution is 2.21. The lowest BCUT2D eigenvalue weighted by molar-refractivity contribution is -0.118. The van der Waals surface area contributed by atoms with Gasteiger partial charge in [0.15, 0.2) is 0 Å². The fourth-order valence-corrected chi connectivity index (χ4v) is 3.93. The van der Waals surface area contributed by atoms with E-state index in [1.807, 2.05) is 72.9 Å². The average Bonchev–Trinajstić information content (AvgIpc) is 3.38. The maximum Gasteiger partial charge on any atom is 0.247 e. The number of nitriles is 1. The summed E-state index contributed by atoms with van der Waals surface area (Å²) in [4.78, 5) is 19.9. The maximum absolute atomic E-state index is 13.1. The molecule has 4 rings (SSSR count). The summed E-state index contributed by atoms with van der Waals surface area (Å²) in [6.45, 7) is 2.75. The summed E-state index contributed by atoms with van der Waals surface area (Å²) in [7, 11) is 0. The zero-order chi connectivity index (χ0) is 22.2. The van der Waals surface area contributed by atoms with Crippen LogP contribution in [0.1, 0.15) is 35.6 Å². The second kappa shape index (κ2) is 10.6. The summed E-state index contributed by atoms with van der Waals surface area (Å²) in [5.41, 5.74) is 3.76. The van der Waals surface area contributed by atoms with E-state index in [1.165, 1.54) is 12.8 Å². The molecule has 1 saturated heterocycles. The molecule has 1 aromatic heterocycles. The van der Waals surface area contributed by atoms with Gasteiger partial charge >= 0.3 is 0 Å².